The van der Waals surface area contributed by atoms with Gasteiger partial charge in [-0.2, -0.15) is 0 Å². The number of ether oxygens (including phenoxy) is 1. The van der Waals surface area contributed by atoms with Gasteiger partial charge in [-0.25, -0.2) is 14.8 Å². The molecule has 4 rings (SSSR count). The minimum absolute atomic E-state index is 0.0883. The van der Waals surface area contributed by atoms with Crippen LogP contribution in [0.15, 0.2) is 36.7 Å². The number of rotatable bonds is 4. The van der Waals surface area contributed by atoms with Crippen molar-refractivity contribution in [2.75, 3.05) is 61.5 Å². The molecule has 1 aromatic carbocycles. The molecule has 2 aliphatic rings. The Morgan fingerprint density at radius 1 is 0.931 bits per heavy atom. The largest absolute Gasteiger partial charge is 0.497 e. The average Bonchev–Trinajstić information content (AvgIpc) is 2.80. The molecular weight excluding hydrogens is 368 g/mol. The van der Waals surface area contributed by atoms with Crippen molar-refractivity contribution in [3.05, 3.63) is 36.7 Å². The summed E-state index contributed by atoms with van der Waals surface area (Å²) in [6, 6.07) is 9.39. The van der Waals surface area contributed by atoms with E-state index in [1.165, 1.54) is 19.3 Å². The van der Waals surface area contributed by atoms with Gasteiger partial charge in [-0.05, 0) is 31.4 Å². The Hall–Kier alpha value is -3.03. The van der Waals surface area contributed by atoms with E-state index in [9.17, 15) is 4.79 Å². The van der Waals surface area contributed by atoms with Crippen LogP contribution in [0.1, 0.15) is 19.3 Å². The molecular formula is C21H28N6O2. The number of nitrogens with zero attached hydrogens (tertiary/aromatic N) is 5. The van der Waals surface area contributed by atoms with Crippen LogP contribution in [0.25, 0.3) is 0 Å². The lowest BCUT2D eigenvalue weighted by Gasteiger charge is -2.36. The first-order valence-electron chi connectivity index (χ1n) is 10.2. The number of amides is 2. The van der Waals surface area contributed by atoms with Gasteiger partial charge in [-0.1, -0.05) is 6.07 Å². The summed E-state index contributed by atoms with van der Waals surface area (Å²) >= 11 is 0. The molecule has 2 aliphatic heterocycles. The molecule has 1 aromatic heterocycles. The van der Waals surface area contributed by atoms with E-state index in [0.29, 0.717) is 13.1 Å². The summed E-state index contributed by atoms with van der Waals surface area (Å²) < 4.78 is 5.21. The second kappa shape index (κ2) is 8.98. The SMILES string of the molecule is COc1cccc(NC(=O)N2CCN(c3cc(N4CCCCC4)ncn3)CC2)c1. The maximum absolute atomic E-state index is 12.6. The first kappa shape index (κ1) is 19.3. The fourth-order valence-corrected chi connectivity index (χ4v) is 3.85. The van der Waals surface area contributed by atoms with Crippen LogP contribution in [0, 0.1) is 0 Å². The topological polar surface area (TPSA) is 73.8 Å². The van der Waals surface area contributed by atoms with Crippen LogP contribution in [0.2, 0.25) is 0 Å². The number of methoxy groups -OCH3 is 1. The number of piperidine rings is 1. The van der Waals surface area contributed by atoms with Crippen molar-refractivity contribution in [1.29, 1.82) is 0 Å². The Balaban J connectivity index is 1.33. The molecule has 8 heteroatoms. The zero-order valence-corrected chi connectivity index (χ0v) is 16.9. The van der Waals surface area contributed by atoms with Crippen molar-refractivity contribution in [3.63, 3.8) is 0 Å². The number of nitrogens with one attached hydrogen (secondary N) is 1. The summed E-state index contributed by atoms with van der Waals surface area (Å²) in [7, 11) is 1.62. The Kier molecular flexibility index (Phi) is 5.97. The summed E-state index contributed by atoms with van der Waals surface area (Å²) in [4.78, 5) is 27.9. The number of hydrogen-bond donors (Lipinski definition) is 1. The van der Waals surface area contributed by atoms with E-state index in [1.54, 1.807) is 13.4 Å². The molecule has 0 spiro atoms. The van der Waals surface area contributed by atoms with Crippen LogP contribution in [-0.4, -0.2) is 67.3 Å². The zero-order valence-electron chi connectivity index (χ0n) is 16.9. The normalized spacial score (nSPS) is 17.2. The highest BCUT2D eigenvalue weighted by molar-refractivity contribution is 5.89. The number of aromatic nitrogens is 2. The third kappa shape index (κ3) is 4.70. The number of benzene rings is 1. The molecule has 1 N–H and O–H groups in total. The summed E-state index contributed by atoms with van der Waals surface area (Å²) in [5.41, 5.74) is 0.735. The van der Waals surface area contributed by atoms with Gasteiger partial charge in [0.05, 0.1) is 7.11 Å². The van der Waals surface area contributed by atoms with Gasteiger partial charge in [-0.3, -0.25) is 0 Å². The number of piperazine rings is 1. The maximum atomic E-state index is 12.6. The summed E-state index contributed by atoms with van der Waals surface area (Å²) in [6.45, 7) is 4.94. The summed E-state index contributed by atoms with van der Waals surface area (Å²) in [5, 5.41) is 2.95. The molecule has 0 bridgehead atoms. The van der Waals surface area contributed by atoms with Gasteiger partial charge in [0, 0.05) is 57.1 Å². The molecule has 2 fully saturated rings. The first-order chi connectivity index (χ1) is 14.2. The molecule has 0 aliphatic carbocycles. The lowest BCUT2D eigenvalue weighted by atomic mass is 10.1. The van der Waals surface area contributed by atoms with Gasteiger partial charge in [0.15, 0.2) is 0 Å². The van der Waals surface area contributed by atoms with Crippen LogP contribution >= 0.6 is 0 Å². The first-order valence-corrected chi connectivity index (χ1v) is 10.2. The molecule has 29 heavy (non-hydrogen) atoms. The van der Waals surface area contributed by atoms with Crippen LogP contribution < -0.4 is 19.9 Å². The van der Waals surface area contributed by atoms with Crippen molar-refractivity contribution in [2.24, 2.45) is 0 Å². The number of anilines is 3. The molecule has 2 amide bonds. The molecule has 8 nitrogen and oxygen atoms in total. The second-order valence-corrected chi connectivity index (χ2v) is 7.42. The minimum atomic E-state index is -0.0883. The summed E-state index contributed by atoms with van der Waals surface area (Å²) in [5.74, 6) is 2.67. The smallest absolute Gasteiger partial charge is 0.321 e. The van der Waals surface area contributed by atoms with E-state index >= 15 is 0 Å². The minimum Gasteiger partial charge on any atom is -0.497 e. The van der Waals surface area contributed by atoms with Gasteiger partial charge in [0.25, 0.3) is 0 Å². The highest BCUT2D eigenvalue weighted by atomic mass is 16.5. The van der Waals surface area contributed by atoms with Crippen LogP contribution in [0.3, 0.4) is 0 Å². The van der Waals surface area contributed by atoms with E-state index in [-0.39, 0.29) is 6.03 Å². The monoisotopic (exact) mass is 396 g/mol. The second-order valence-electron chi connectivity index (χ2n) is 7.42. The fraction of sp³-hybridized carbons (Fsp3) is 0.476. The van der Waals surface area contributed by atoms with Crippen LogP contribution in [0.5, 0.6) is 5.75 Å². The van der Waals surface area contributed by atoms with Crippen molar-refractivity contribution in [3.8, 4) is 5.75 Å². The molecule has 0 radical (unpaired) electrons. The van der Waals surface area contributed by atoms with Crippen molar-refractivity contribution < 1.29 is 9.53 Å². The van der Waals surface area contributed by atoms with E-state index in [4.69, 9.17) is 4.74 Å². The molecule has 154 valence electrons. The third-order valence-electron chi connectivity index (χ3n) is 5.53. The predicted molar refractivity (Wildman–Crippen MR) is 114 cm³/mol. The predicted octanol–water partition coefficient (Wildman–Crippen LogP) is 2.83. The third-order valence-corrected chi connectivity index (χ3v) is 5.53. The number of carbonyl (C=O) groups is 1. The standard InChI is InChI=1S/C21H28N6O2/c1-29-18-7-5-6-17(14-18)24-21(28)27-12-10-26(11-13-27)20-15-19(22-16-23-20)25-8-3-2-4-9-25/h5-7,14-16H,2-4,8-13H2,1H3,(H,24,28). The summed E-state index contributed by atoms with van der Waals surface area (Å²) in [6.07, 6.45) is 5.40. The lowest BCUT2D eigenvalue weighted by molar-refractivity contribution is 0.208. The van der Waals surface area contributed by atoms with Crippen molar-refractivity contribution in [2.45, 2.75) is 19.3 Å². The van der Waals surface area contributed by atoms with E-state index in [2.05, 4.69) is 31.2 Å². The Labute approximate surface area is 171 Å². The van der Waals surface area contributed by atoms with Gasteiger partial charge >= 0.3 is 6.03 Å². The van der Waals surface area contributed by atoms with Crippen LogP contribution in [-0.2, 0) is 0 Å². The van der Waals surface area contributed by atoms with Gasteiger partial charge in [0.2, 0.25) is 0 Å². The molecule has 2 aromatic rings. The molecule has 3 heterocycles. The van der Waals surface area contributed by atoms with Gasteiger partial charge < -0.3 is 24.8 Å². The quantitative estimate of drug-likeness (QED) is 0.857. The number of hydrogen-bond acceptors (Lipinski definition) is 6. The van der Waals surface area contributed by atoms with E-state index in [1.807, 2.05) is 29.2 Å². The Morgan fingerprint density at radius 2 is 1.62 bits per heavy atom. The van der Waals surface area contributed by atoms with Gasteiger partial charge in [0.1, 0.15) is 23.7 Å². The highest BCUT2D eigenvalue weighted by Gasteiger charge is 2.23. The fourth-order valence-electron chi connectivity index (χ4n) is 3.85. The van der Waals surface area contributed by atoms with Crippen LogP contribution in [0.4, 0.5) is 22.1 Å². The average molecular weight is 396 g/mol. The zero-order chi connectivity index (χ0) is 20.1. The molecule has 0 saturated carbocycles. The maximum Gasteiger partial charge on any atom is 0.321 e. The van der Waals surface area contributed by atoms with E-state index in [0.717, 1.165) is 49.3 Å². The van der Waals surface area contributed by atoms with Crippen molar-refractivity contribution in [1.82, 2.24) is 14.9 Å². The number of urea groups is 1. The van der Waals surface area contributed by atoms with E-state index < -0.39 is 0 Å². The molecule has 2 saturated heterocycles. The Bertz CT molecular complexity index is 831. The molecule has 0 unspecified atom stereocenters. The highest BCUT2D eigenvalue weighted by Crippen LogP contribution is 2.22. The number of carbonyl (C=O) groups excluding carboxylic acids is 1. The molecule has 0 atom stereocenters. The van der Waals surface area contributed by atoms with Crippen molar-refractivity contribution >= 4 is 23.4 Å². The van der Waals surface area contributed by atoms with Gasteiger partial charge in [-0.15, -0.1) is 0 Å². The lowest BCUT2D eigenvalue weighted by Crippen LogP contribution is -2.50. The Morgan fingerprint density at radius 3 is 2.31 bits per heavy atom.